The minimum atomic E-state index is -0.716. The summed E-state index contributed by atoms with van der Waals surface area (Å²) in [5, 5.41) is 2.90. The molecule has 0 bridgehead atoms. The summed E-state index contributed by atoms with van der Waals surface area (Å²) in [5.41, 5.74) is 0. The van der Waals surface area contributed by atoms with Crippen LogP contribution in [0.15, 0.2) is 12.2 Å². The zero-order chi connectivity index (χ0) is 18.0. The minimum Gasteiger partial charge on any atom is -0.376 e. The molecule has 3 rings (SSSR count). The Morgan fingerprint density at radius 3 is 2.40 bits per heavy atom. The molecule has 1 N–H and O–H groups in total. The number of nitrogens with one attached hydrogen (secondary N) is 1. The molecule has 2 fully saturated rings. The summed E-state index contributed by atoms with van der Waals surface area (Å²) < 4.78 is 5.54. The molecule has 3 aliphatic rings. The number of nitrogens with zero attached hydrogens (tertiary/aromatic N) is 1. The molecule has 0 spiro atoms. The summed E-state index contributed by atoms with van der Waals surface area (Å²) in [6, 6.07) is -0.716. The summed E-state index contributed by atoms with van der Waals surface area (Å²) in [7, 11) is 0. The van der Waals surface area contributed by atoms with Gasteiger partial charge in [0.25, 0.3) is 0 Å². The lowest BCUT2D eigenvalue weighted by molar-refractivity contribution is -0.148. The Morgan fingerprint density at radius 1 is 1.24 bits per heavy atom. The summed E-state index contributed by atoms with van der Waals surface area (Å²) in [4.78, 5) is 39.7. The third-order valence-electron chi connectivity index (χ3n) is 5.38. The molecular formula is C19H28N2O4. The van der Waals surface area contributed by atoms with Gasteiger partial charge in [-0.15, -0.1) is 0 Å². The van der Waals surface area contributed by atoms with Crippen LogP contribution < -0.4 is 5.32 Å². The van der Waals surface area contributed by atoms with Gasteiger partial charge >= 0.3 is 0 Å². The van der Waals surface area contributed by atoms with Crippen LogP contribution in [-0.2, 0) is 19.1 Å². The van der Waals surface area contributed by atoms with Crippen LogP contribution in [0, 0.1) is 17.8 Å². The molecule has 25 heavy (non-hydrogen) atoms. The van der Waals surface area contributed by atoms with Crippen molar-refractivity contribution in [3.05, 3.63) is 12.2 Å². The van der Waals surface area contributed by atoms with Gasteiger partial charge in [-0.25, -0.2) is 0 Å². The number of fused-ring (bicyclic) bond motifs is 1. The highest BCUT2D eigenvalue weighted by Crippen LogP contribution is 2.37. The fraction of sp³-hybridized carbons (Fsp3) is 0.737. The van der Waals surface area contributed by atoms with E-state index in [1.165, 1.54) is 4.90 Å². The highest BCUT2D eigenvalue weighted by Gasteiger charge is 2.51. The largest absolute Gasteiger partial charge is 0.376 e. The van der Waals surface area contributed by atoms with Crippen LogP contribution in [0.25, 0.3) is 0 Å². The van der Waals surface area contributed by atoms with E-state index in [4.69, 9.17) is 4.74 Å². The SMILES string of the molecule is CC(C)CC(C(=O)NCC1CCCO1)N1C(=O)C2CC=CCC2C1=O. The van der Waals surface area contributed by atoms with Crippen molar-refractivity contribution in [3.8, 4) is 0 Å². The van der Waals surface area contributed by atoms with Gasteiger partial charge in [-0.1, -0.05) is 26.0 Å². The molecule has 3 amide bonds. The van der Waals surface area contributed by atoms with E-state index in [-0.39, 0.29) is 41.6 Å². The molecule has 1 aliphatic carbocycles. The molecule has 2 saturated heterocycles. The van der Waals surface area contributed by atoms with Crippen molar-refractivity contribution < 1.29 is 19.1 Å². The van der Waals surface area contributed by atoms with Crippen molar-refractivity contribution in [2.24, 2.45) is 17.8 Å². The molecule has 0 saturated carbocycles. The molecule has 0 aromatic carbocycles. The van der Waals surface area contributed by atoms with Gasteiger partial charge in [0.15, 0.2) is 0 Å². The summed E-state index contributed by atoms with van der Waals surface area (Å²) in [6.07, 6.45) is 7.59. The minimum absolute atomic E-state index is 0.0420. The number of hydrogen-bond acceptors (Lipinski definition) is 4. The predicted molar refractivity (Wildman–Crippen MR) is 92.4 cm³/mol. The fourth-order valence-corrected chi connectivity index (χ4v) is 4.05. The van der Waals surface area contributed by atoms with E-state index in [2.05, 4.69) is 5.32 Å². The third kappa shape index (κ3) is 3.78. The van der Waals surface area contributed by atoms with Crippen molar-refractivity contribution in [3.63, 3.8) is 0 Å². The quantitative estimate of drug-likeness (QED) is 0.585. The standard InChI is InChI=1S/C19H28N2O4/c1-12(2)10-16(17(22)20-11-13-6-5-9-25-13)21-18(23)14-7-3-4-8-15(14)19(21)24/h3-4,12-16H,5-11H2,1-2H3,(H,20,22). The Kier molecular flexibility index (Phi) is 5.57. The van der Waals surface area contributed by atoms with Crippen LogP contribution in [0.2, 0.25) is 0 Å². The number of allylic oxidation sites excluding steroid dienone is 2. The second kappa shape index (κ2) is 7.68. The summed E-state index contributed by atoms with van der Waals surface area (Å²) in [6.45, 7) is 5.17. The molecule has 2 aliphatic heterocycles. The van der Waals surface area contributed by atoms with Crippen molar-refractivity contribution in [2.75, 3.05) is 13.2 Å². The van der Waals surface area contributed by atoms with E-state index in [1.807, 2.05) is 26.0 Å². The molecule has 6 heteroatoms. The second-order valence-corrected chi connectivity index (χ2v) is 7.73. The van der Waals surface area contributed by atoms with Crippen LogP contribution in [-0.4, -0.2) is 47.9 Å². The van der Waals surface area contributed by atoms with E-state index in [0.29, 0.717) is 25.8 Å². The van der Waals surface area contributed by atoms with Gasteiger partial charge in [-0.3, -0.25) is 19.3 Å². The third-order valence-corrected chi connectivity index (χ3v) is 5.38. The van der Waals surface area contributed by atoms with Gasteiger partial charge in [0, 0.05) is 13.2 Å². The molecule has 4 unspecified atom stereocenters. The van der Waals surface area contributed by atoms with Crippen LogP contribution in [0.3, 0.4) is 0 Å². The Bertz CT molecular complexity index is 540. The average Bonchev–Trinajstić information content (AvgIpc) is 3.19. The zero-order valence-corrected chi connectivity index (χ0v) is 15.1. The molecule has 0 aromatic rings. The lowest BCUT2D eigenvalue weighted by Gasteiger charge is -2.27. The average molecular weight is 348 g/mol. The van der Waals surface area contributed by atoms with Crippen molar-refractivity contribution in [2.45, 2.75) is 58.1 Å². The highest BCUT2D eigenvalue weighted by atomic mass is 16.5. The first-order valence-electron chi connectivity index (χ1n) is 9.40. The van der Waals surface area contributed by atoms with Gasteiger partial charge in [0.1, 0.15) is 6.04 Å². The van der Waals surface area contributed by atoms with E-state index in [0.717, 1.165) is 19.4 Å². The maximum absolute atomic E-state index is 12.8. The first-order valence-corrected chi connectivity index (χ1v) is 9.40. The molecule has 0 aromatic heterocycles. The van der Waals surface area contributed by atoms with Crippen LogP contribution >= 0.6 is 0 Å². The number of rotatable bonds is 6. The normalized spacial score (nSPS) is 30.0. The summed E-state index contributed by atoms with van der Waals surface area (Å²) >= 11 is 0. The molecular weight excluding hydrogens is 320 g/mol. The van der Waals surface area contributed by atoms with E-state index < -0.39 is 6.04 Å². The molecule has 4 atom stereocenters. The maximum atomic E-state index is 12.8. The number of ether oxygens (including phenoxy) is 1. The van der Waals surface area contributed by atoms with Crippen molar-refractivity contribution in [1.82, 2.24) is 10.2 Å². The monoisotopic (exact) mass is 348 g/mol. The van der Waals surface area contributed by atoms with Gasteiger partial charge in [-0.05, 0) is 38.0 Å². The molecule has 138 valence electrons. The highest BCUT2D eigenvalue weighted by molar-refractivity contribution is 6.08. The number of likely N-dealkylation sites (tertiary alicyclic amines) is 1. The first-order chi connectivity index (χ1) is 12.0. The zero-order valence-electron chi connectivity index (χ0n) is 15.1. The molecule has 6 nitrogen and oxygen atoms in total. The number of imide groups is 1. The molecule has 2 heterocycles. The molecule has 0 radical (unpaired) electrons. The lowest BCUT2D eigenvalue weighted by atomic mass is 9.85. The number of carbonyl (C=O) groups is 3. The van der Waals surface area contributed by atoms with Crippen LogP contribution in [0.4, 0.5) is 0 Å². The van der Waals surface area contributed by atoms with Crippen molar-refractivity contribution >= 4 is 17.7 Å². The number of hydrogen-bond donors (Lipinski definition) is 1. The van der Waals surface area contributed by atoms with Crippen LogP contribution in [0.5, 0.6) is 0 Å². The van der Waals surface area contributed by atoms with Gasteiger partial charge < -0.3 is 10.1 Å². The fourth-order valence-electron chi connectivity index (χ4n) is 4.05. The Hall–Kier alpha value is -1.69. The van der Waals surface area contributed by atoms with E-state index >= 15 is 0 Å². The topological polar surface area (TPSA) is 75.7 Å². The second-order valence-electron chi connectivity index (χ2n) is 7.73. The predicted octanol–water partition coefficient (Wildman–Crippen LogP) is 1.65. The lowest BCUT2D eigenvalue weighted by Crippen LogP contribution is -2.51. The van der Waals surface area contributed by atoms with Gasteiger partial charge in [0.05, 0.1) is 17.9 Å². The maximum Gasteiger partial charge on any atom is 0.243 e. The Labute approximate surface area is 149 Å². The number of amides is 3. The summed E-state index contributed by atoms with van der Waals surface area (Å²) in [5.74, 6) is -0.983. The Morgan fingerprint density at radius 2 is 1.88 bits per heavy atom. The van der Waals surface area contributed by atoms with E-state index in [1.54, 1.807) is 0 Å². The van der Waals surface area contributed by atoms with Gasteiger partial charge in [-0.2, -0.15) is 0 Å². The first kappa shape index (κ1) is 18.1. The van der Waals surface area contributed by atoms with Crippen molar-refractivity contribution in [1.29, 1.82) is 0 Å². The van der Waals surface area contributed by atoms with E-state index in [9.17, 15) is 14.4 Å². The van der Waals surface area contributed by atoms with Crippen LogP contribution in [0.1, 0.15) is 46.0 Å². The Balaban J connectivity index is 1.72. The van der Waals surface area contributed by atoms with Gasteiger partial charge in [0.2, 0.25) is 17.7 Å². The smallest absolute Gasteiger partial charge is 0.243 e. The number of carbonyl (C=O) groups excluding carboxylic acids is 3.